The van der Waals surface area contributed by atoms with Crippen molar-refractivity contribution < 1.29 is 4.79 Å². The van der Waals surface area contributed by atoms with Crippen molar-refractivity contribution in [1.29, 1.82) is 10.7 Å². The molecule has 0 spiro atoms. The molecule has 0 radical (unpaired) electrons. The first-order valence-electron chi connectivity index (χ1n) is 7.25. The fraction of sp³-hybridized carbons (Fsp3) is 0.375. The van der Waals surface area contributed by atoms with Crippen molar-refractivity contribution in [2.24, 2.45) is 12.5 Å². The van der Waals surface area contributed by atoms with Crippen LogP contribution in [0.5, 0.6) is 0 Å². The molecule has 0 saturated heterocycles. The number of imidazole rings is 1. The van der Waals surface area contributed by atoms with Crippen LogP contribution in [-0.2, 0) is 11.8 Å². The van der Waals surface area contributed by atoms with Gasteiger partial charge in [0.1, 0.15) is 11.9 Å². The predicted octanol–water partition coefficient (Wildman–Crippen LogP) is 1.82. The first-order chi connectivity index (χ1) is 10.7. The Labute approximate surface area is 137 Å². The van der Waals surface area contributed by atoms with Crippen LogP contribution >= 0.6 is 9.24 Å². The highest BCUT2D eigenvalue weighted by atomic mass is 31.0. The summed E-state index contributed by atoms with van der Waals surface area (Å²) in [5, 5.41) is 17.1. The molecule has 2 aliphatic rings. The Kier molecular flexibility index (Phi) is 3.31. The number of amidine groups is 1. The van der Waals surface area contributed by atoms with Gasteiger partial charge >= 0.3 is 0 Å². The number of nitrogens with one attached hydrogen (secondary N) is 1. The lowest BCUT2D eigenvalue weighted by molar-refractivity contribution is -0.121. The third-order valence-electron chi connectivity index (χ3n) is 4.60. The van der Waals surface area contributed by atoms with Gasteiger partial charge in [0.05, 0.1) is 16.1 Å². The molecule has 1 unspecified atom stereocenters. The first-order valence-corrected chi connectivity index (χ1v) is 7.83. The number of fused-ring (bicyclic) bond motifs is 1. The summed E-state index contributed by atoms with van der Waals surface area (Å²) >= 11 is 0. The largest absolute Gasteiger partial charge is 0.320 e. The summed E-state index contributed by atoms with van der Waals surface area (Å²) in [5.41, 5.74) is 0.143. The first kappa shape index (κ1) is 15.6. The van der Waals surface area contributed by atoms with Gasteiger partial charge in [0.25, 0.3) is 0 Å². The van der Waals surface area contributed by atoms with Gasteiger partial charge < -0.3 is 4.57 Å². The van der Waals surface area contributed by atoms with E-state index in [4.69, 9.17) is 5.41 Å². The van der Waals surface area contributed by atoms with Gasteiger partial charge in [-0.2, -0.15) is 5.26 Å². The molecule has 1 aliphatic heterocycles. The number of nitrogens with zero attached hydrogens (tertiary/aromatic N) is 4. The van der Waals surface area contributed by atoms with E-state index in [0.29, 0.717) is 18.3 Å². The highest BCUT2D eigenvalue weighted by Crippen LogP contribution is 2.50. The molecule has 0 aromatic carbocycles. The lowest BCUT2D eigenvalue weighted by Crippen LogP contribution is -2.55. The molecule has 1 aliphatic carbocycles. The number of carbonyl (C=O) groups excluding carboxylic acids is 1. The lowest BCUT2D eigenvalue weighted by atomic mass is 9.65. The smallest absolute Gasteiger partial charge is 0.210 e. The average molecular weight is 327 g/mol. The maximum atomic E-state index is 12.5. The van der Waals surface area contributed by atoms with Gasteiger partial charge in [0, 0.05) is 26.0 Å². The van der Waals surface area contributed by atoms with Gasteiger partial charge in [-0.05, 0) is 25.5 Å². The lowest BCUT2D eigenvalue weighted by Gasteiger charge is -2.47. The highest BCUT2D eigenvalue weighted by molar-refractivity contribution is 7.22. The summed E-state index contributed by atoms with van der Waals surface area (Å²) in [6.45, 7) is 4.10. The molecule has 118 valence electrons. The third kappa shape index (κ3) is 2.00. The van der Waals surface area contributed by atoms with E-state index in [1.807, 2.05) is 43.8 Å². The van der Waals surface area contributed by atoms with E-state index in [-0.39, 0.29) is 11.4 Å². The summed E-state index contributed by atoms with van der Waals surface area (Å²) in [6.07, 6.45) is 7.07. The Morgan fingerprint density at radius 1 is 1.48 bits per heavy atom. The van der Waals surface area contributed by atoms with E-state index in [0.717, 1.165) is 5.57 Å². The maximum Gasteiger partial charge on any atom is 0.210 e. The van der Waals surface area contributed by atoms with Crippen LogP contribution in [0.15, 0.2) is 35.7 Å². The topological polar surface area (TPSA) is 85.8 Å². The number of nitriles is 1. The van der Waals surface area contributed by atoms with E-state index < -0.39 is 10.6 Å². The Morgan fingerprint density at radius 2 is 2.17 bits per heavy atom. The van der Waals surface area contributed by atoms with Crippen LogP contribution in [0.3, 0.4) is 0 Å². The van der Waals surface area contributed by atoms with E-state index in [2.05, 4.69) is 14.2 Å². The Balaban J connectivity index is 2.18. The number of aryl methyl sites for hydroxylation is 1. The van der Waals surface area contributed by atoms with Crippen molar-refractivity contribution >= 4 is 26.8 Å². The summed E-state index contributed by atoms with van der Waals surface area (Å²) in [5.74, 6) is 0.763. The molecule has 6 nitrogen and oxygen atoms in total. The molecule has 3 rings (SSSR count). The second kappa shape index (κ2) is 4.87. The number of carbonyl (C=O) groups is 1. The zero-order valence-corrected chi connectivity index (χ0v) is 14.4. The number of Topliss-reactive ketones (excluding diaryl/α,β-unsaturated/α-hetero) is 1. The van der Waals surface area contributed by atoms with Crippen molar-refractivity contribution in [2.45, 2.75) is 19.0 Å². The van der Waals surface area contributed by atoms with Gasteiger partial charge in [0.15, 0.2) is 5.78 Å². The molecule has 2 heterocycles. The van der Waals surface area contributed by atoms with E-state index >= 15 is 0 Å². The van der Waals surface area contributed by atoms with E-state index in [1.54, 1.807) is 17.2 Å². The monoisotopic (exact) mass is 327 g/mol. The summed E-state index contributed by atoms with van der Waals surface area (Å²) in [7, 11) is 4.53. The van der Waals surface area contributed by atoms with E-state index in [1.165, 1.54) is 0 Å². The van der Waals surface area contributed by atoms with Crippen LogP contribution in [0.4, 0.5) is 5.95 Å². The molecule has 0 fully saturated rings. The second-order valence-electron chi connectivity index (χ2n) is 6.41. The van der Waals surface area contributed by atoms with E-state index in [9.17, 15) is 10.1 Å². The van der Waals surface area contributed by atoms with Crippen LogP contribution in [0.25, 0.3) is 0 Å². The fourth-order valence-corrected chi connectivity index (χ4v) is 4.15. The second-order valence-corrected chi connectivity index (χ2v) is 7.32. The molecule has 23 heavy (non-hydrogen) atoms. The zero-order valence-electron chi connectivity index (χ0n) is 13.3. The van der Waals surface area contributed by atoms with Crippen molar-refractivity contribution in [3.05, 3.63) is 35.7 Å². The summed E-state index contributed by atoms with van der Waals surface area (Å²) in [4.78, 5) is 18.6. The zero-order chi connectivity index (χ0) is 17.0. The quantitative estimate of drug-likeness (QED) is 0.630. The third-order valence-corrected chi connectivity index (χ3v) is 5.35. The average Bonchev–Trinajstić information content (AvgIpc) is 2.91. The normalized spacial score (nSPS) is 26.3. The molecule has 0 bridgehead atoms. The predicted molar refractivity (Wildman–Crippen MR) is 91.3 cm³/mol. The number of ketones is 1. The van der Waals surface area contributed by atoms with Crippen molar-refractivity contribution in [3.8, 4) is 6.07 Å². The molecule has 1 aromatic heterocycles. The number of anilines is 1. The summed E-state index contributed by atoms with van der Waals surface area (Å²) in [6, 6.07) is 1.98. The van der Waals surface area contributed by atoms with Gasteiger partial charge in [-0.1, -0.05) is 6.08 Å². The van der Waals surface area contributed by atoms with Crippen LogP contribution in [0.1, 0.15) is 13.8 Å². The Bertz CT molecular complexity index is 826. The van der Waals surface area contributed by atoms with Crippen LogP contribution in [0.2, 0.25) is 0 Å². The van der Waals surface area contributed by atoms with Gasteiger partial charge in [-0.25, -0.2) is 4.98 Å². The number of hydrogen-bond donors (Lipinski definition) is 1. The highest BCUT2D eigenvalue weighted by Gasteiger charge is 2.52. The van der Waals surface area contributed by atoms with Crippen molar-refractivity contribution in [3.63, 3.8) is 0 Å². The SMILES string of the molecule is Cn1ccnc1N1CC=C2C(C)(C)C(=O)C(C#N)=C[C@@]2(P)C1=N. The number of allylic oxidation sites excluding steroid dienone is 1. The minimum atomic E-state index is -0.868. The number of aromatic nitrogens is 2. The minimum Gasteiger partial charge on any atom is -0.320 e. The Hall–Kier alpha value is -2.25. The Morgan fingerprint density at radius 3 is 2.74 bits per heavy atom. The fourth-order valence-electron chi connectivity index (χ4n) is 3.35. The van der Waals surface area contributed by atoms with Gasteiger partial charge in [-0.3, -0.25) is 15.1 Å². The summed E-state index contributed by atoms with van der Waals surface area (Å²) < 4.78 is 1.84. The molecule has 1 aromatic rings. The minimum absolute atomic E-state index is 0.105. The molecule has 2 atom stereocenters. The van der Waals surface area contributed by atoms with Crippen molar-refractivity contribution in [2.75, 3.05) is 11.4 Å². The molecule has 7 heteroatoms. The standard InChI is InChI=1S/C16H18N5OP/c1-15(2)11-4-6-21(14-19-5-7-20(14)3)13(18)16(11,23)8-10(9-17)12(15)22/h4-5,7-8,18H,6,23H2,1-3H3/t16-/m0/s1. The maximum absolute atomic E-state index is 12.5. The number of rotatable bonds is 1. The van der Waals surface area contributed by atoms with Crippen molar-refractivity contribution in [1.82, 2.24) is 9.55 Å². The molecule has 0 saturated carbocycles. The van der Waals surface area contributed by atoms with Crippen LogP contribution in [0, 0.1) is 22.2 Å². The van der Waals surface area contributed by atoms with Gasteiger partial charge in [0.2, 0.25) is 5.95 Å². The molecular formula is C16H18N5OP. The molecule has 0 amide bonds. The molecule has 1 N–H and O–H groups in total. The van der Waals surface area contributed by atoms with Gasteiger partial charge in [-0.15, -0.1) is 9.24 Å². The molecular weight excluding hydrogens is 309 g/mol. The number of hydrogen-bond acceptors (Lipinski definition) is 4. The van der Waals surface area contributed by atoms with Crippen LogP contribution in [-0.4, -0.2) is 32.9 Å². The van der Waals surface area contributed by atoms with Crippen LogP contribution < -0.4 is 4.90 Å².